The van der Waals surface area contributed by atoms with E-state index in [-0.39, 0.29) is 18.6 Å². The van der Waals surface area contributed by atoms with Gasteiger partial charge in [-0.15, -0.1) is 0 Å². The minimum Gasteiger partial charge on any atom is -0.449 e. The summed E-state index contributed by atoms with van der Waals surface area (Å²) in [6, 6.07) is 16.6. The predicted octanol–water partition coefficient (Wildman–Crippen LogP) is 3.69. The van der Waals surface area contributed by atoms with Crippen LogP contribution in [0.4, 0.5) is 4.79 Å². The Bertz CT molecular complexity index is 653. The van der Waals surface area contributed by atoms with E-state index in [1.807, 2.05) is 24.3 Å². The van der Waals surface area contributed by atoms with Gasteiger partial charge >= 0.3 is 6.09 Å². The van der Waals surface area contributed by atoms with Crippen LogP contribution in [0.2, 0.25) is 0 Å². The van der Waals surface area contributed by atoms with Crippen molar-refractivity contribution in [1.82, 2.24) is 5.32 Å². The molecule has 0 aromatic heterocycles. The first-order chi connectivity index (χ1) is 11.8. The molecule has 0 unspecified atom stereocenters. The Kier molecular flexibility index (Phi) is 5.49. The lowest BCUT2D eigenvalue weighted by Gasteiger charge is -2.14. The Labute approximate surface area is 142 Å². The van der Waals surface area contributed by atoms with Crippen LogP contribution in [0.25, 0.3) is 11.1 Å². The Morgan fingerprint density at radius 1 is 0.958 bits per heavy atom. The molecular formula is C20H23NO3. The van der Waals surface area contributed by atoms with Gasteiger partial charge < -0.3 is 15.2 Å². The second-order valence-electron chi connectivity index (χ2n) is 6.04. The molecule has 0 spiro atoms. The number of unbranched alkanes of at least 4 members (excludes halogenated alkanes) is 2. The number of hydrogen-bond donors (Lipinski definition) is 2. The lowest BCUT2D eigenvalue weighted by atomic mass is 9.98. The summed E-state index contributed by atoms with van der Waals surface area (Å²) >= 11 is 0. The van der Waals surface area contributed by atoms with Crippen LogP contribution < -0.4 is 5.32 Å². The maximum absolute atomic E-state index is 11.9. The van der Waals surface area contributed by atoms with E-state index in [4.69, 9.17) is 9.84 Å². The van der Waals surface area contributed by atoms with Crippen molar-refractivity contribution in [2.75, 3.05) is 19.8 Å². The minimum atomic E-state index is -0.374. The average Bonchev–Trinajstić information content (AvgIpc) is 2.94. The molecule has 4 nitrogen and oxygen atoms in total. The molecule has 0 saturated heterocycles. The highest BCUT2D eigenvalue weighted by atomic mass is 16.5. The maximum Gasteiger partial charge on any atom is 0.407 e. The van der Waals surface area contributed by atoms with Gasteiger partial charge in [-0.05, 0) is 41.5 Å². The molecule has 0 bridgehead atoms. The fourth-order valence-corrected chi connectivity index (χ4v) is 3.25. The molecule has 0 radical (unpaired) electrons. The summed E-state index contributed by atoms with van der Waals surface area (Å²) in [5.74, 6) is 0.0949. The molecule has 0 fully saturated rings. The lowest BCUT2D eigenvalue weighted by molar-refractivity contribution is 0.143. The Hall–Kier alpha value is -2.33. The molecule has 0 aliphatic heterocycles. The maximum atomic E-state index is 11.9. The van der Waals surface area contributed by atoms with Gasteiger partial charge in [-0.3, -0.25) is 0 Å². The summed E-state index contributed by atoms with van der Waals surface area (Å²) < 4.78 is 5.45. The molecular weight excluding hydrogens is 302 g/mol. The highest BCUT2D eigenvalue weighted by Gasteiger charge is 2.28. The highest BCUT2D eigenvalue weighted by molar-refractivity contribution is 5.79. The van der Waals surface area contributed by atoms with Gasteiger partial charge in [0.25, 0.3) is 0 Å². The van der Waals surface area contributed by atoms with Crippen molar-refractivity contribution in [3.05, 3.63) is 59.7 Å². The van der Waals surface area contributed by atoms with Gasteiger partial charge in [-0.2, -0.15) is 0 Å². The highest BCUT2D eigenvalue weighted by Crippen LogP contribution is 2.44. The van der Waals surface area contributed by atoms with E-state index >= 15 is 0 Å². The number of carbonyl (C=O) groups excluding carboxylic acids is 1. The fraction of sp³-hybridized carbons (Fsp3) is 0.350. The van der Waals surface area contributed by atoms with Crippen molar-refractivity contribution in [1.29, 1.82) is 0 Å². The van der Waals surface area contributed by atoms with E-state index < -0.39 is 0 Å². The zero-order chi connectivity index (χ0) is 16.8. The molecule has 2 aromatic rings. The molecule has 0 heterocycles. The summed E-state index contributed by atoms with van der Waals surface area (Å²) in [5.41, 5.74) is 4.89. The van der Waals surface area contributed by atoms with E-state index in [1.165, 1.54) is 22.3 Å². The number of carbonyl (C=O) groups is 1. The smallest absolute Gasteiger partial charge is 0.407 e. The van der Waals surface area contributed by atoms with E-state index in [2.05, 4.69) is 29.6 Å². The number of aliphatic hydroxyl groups is 1. The molecule has 2 aromatic carbocycles. The number of nitrogens with one attached hydrogen (secondary N) is 1. The van der Waals surface area contributed by atoms with Gasteiger partial charge in [0.15, 0.2) is 0 Å². The lowest BCUT2D eigenvalue weighted by Crippen LogP contribution is -2.27. The van der Waals surface area contributed by atoms with Crippen LogP contribution in [0.1, 0.15) is 36.3 Å². The number of rotatable bonds is 7. The second-order valence-corrected chi connectivity index (χ2v) is 6.04. The van der Waals surface area contributed by atoms with Crippen molar-refractivity contribution >= 4 is 6.09 Å². The average molecular weight is 325 g/mol. The molecule has 1 aliphatic carbocycles. The largest absolute Gasteiger partial charge is 0.449 e. The molecule has 0 atom stereocenters. The number of amides is 1. The number of ether oxygens (including phenoxy) is 1. The van der Waals surface area contributed by atoms with Crippen LogP contribution >= 0.6 is 0 Å². The van der Waals surface area contributed by atoms with Crippen LogP contribution in [-0.4, -0.2) is 31.0 Å². The second kappa shape index (κ2) is 7.97. The Morgan fingerprint density at radius 3 is 2.21 bits per heavy atom. The third-order valence-electron chi connectivity index (χ3n) is 4.45. The van der Waals surface area contributed by atoms with E-state index in [1.54, 1.807) is 0 Å². The molecule has 4 heteroatoms. The first-order valence-electron chi connectivity index (χ1n) is 8.51. The third-order valence-corrected chi connectivity index (χ3v) is 4.45. The van der Waals surface area contributed by atoms with Crippen molar-refractivity contribution in [2.45, 2.75) is 25.2 Å². The van der Waals surface area contributed by atoms with Gasteiger partial charge in [-0.25, -0.2) is 4.79 Å². The zero-order valence-corrected chi connectivity index (χ0v) is 13.7. The van der Waals surface area contributed by atoms with E-state index in [0.29, 0.717) is 13.2 Å². The van der Waals surface area contributed by atoms with Crippen LogP contribution in [-0.2, 0) is 4.74 Å². The topological polar surface area (TPSA) is 58.6 Å². The summed E-state index contributed by atoms with van der Waals surface area (Å²) in [4.78, 5) is 11.9. The number of benzene rings is 2. The number of aliphatic hydroxyl groups excluding tert-OH is 1. The predicted molar refractivity (Wildman–Crippen MR) is 94.0 cm³/mol. The monoisotopic (exact) mass is 325 g/mol. The Morgan fingerprint density at radius 2 is 1.58 bits per heavy atom. The standard InChI is InChI=1S/C20H23NO3/c22-13-7-1-6-12-21-20(23)24-14-19-17-10-4-2-8-15(17)16-9-3-5-11-18(16)19/h2-5,8-11,19,22H,1,6-7,12-14H2,(H,21,23). The summed E-state index contributed by atoms with van der Waals surface area (Å²) in [5, 5.41) is 11.5. The quantitative estimate of drug-likeness (QED) is 0.763. The van der Waals surface area contributed by atoms with Gasteiger partial charge in [0.1, 0.15) is 6.61 Å². The molecule has 2 N–H and O–H groups in total. The molecule has 1 amide bonds. The van der Waals surface area contributed by atoms with Crippen molar-refractivity contribution in [3.8, 4) is 11.1 Å². The molecule has 24 heavy (non-hydrogen) atoms. The van der Waals surface area contributed by atoms with Gasteiger partial charge in [-0.1, -0.05) is 48.5 Å². The SMILES string of the molecule is O=C(NCCCCCO)OCC1c2ccccc2-c2ccccc21. The first kappa shape index (κ1) is 16.5. The summed E-state index contributed by atoms with van der Waals surface area (Å²) in [6.45, 7) is 1.12. The van der Waals surface area contributed by atoms with Gasteiger partial charge in [0, 0.05) is 19.1 Å². The zero-order valence-electron chi connectivity index (χ0n) is 13.7. The van der Waals surface area contributed by atoms with Crippen molar-refractivity contribution in [2.24, 2.45) is 0 Å². The van der Waals surface area contributed by atoms with Crippen molar-refractivity contribution in [3.63, 3.8) is 0 Å². The molecule has 3 rings (SSSR count). The summed E-state index contributed by atoms with van der Waals surface area (Å²) in [7, 11) is 0. The molecule has 0 saturated carbocycles. The third kappa shape index (κ3) is 3.60. The first-order valence-corrected chi connectivity index (χ1v) is 8.51. The van der Waals surface area contributed by atoms with Crippen LogP contribution in [0.5, 0.6) is 0 Å². The van der Waals surface area contributed by atoms with Crippen LogP contribution in [0.3, 0.4) is 0 Å². The summed E-state index contributed by atoms with van der Waals surface area (Å²) in [6.07, 6.45) is 2.15. The normalized spacial score (nSPS) is 12.5. The van der Waals surface area contributed by atoms with Crippen LogP contribution in [0.15, 0.2) is 48.5 Å². The Balaban J connectivity index is 1.58. The number of alkyl carbamates (subject to hydrolysis) is 1. The van der Waals surface area contributed by atoms with Gasteiger partial charge in [0.2, 0.25) is 0 Å². The van der Waals surface area contributed by atoms with Crippen molar-refractivity contribution < 1.29 is 14.6 Å². The number of fused-ring (bicyclic) bond motifs is 3. The van der Waals surface area contributed by atoms with Crippen LogP contribution in [0, 0.1) is 0 Å². The minimum absolute atomic E-state index is 0.0949. The van der Waals surface area contributed by atoms with Gasteiger partial charge in [0.05, 0.1) is 0 Å². The van der Waals surface area contributed by atoms with E-state index in [0.717, 1.165) is 19.3 Å². The fourth-order valence-electron chi connectivity index (χ4n) is 3.25. The molecule has 126 valence electrons. The molecule has 1 aliphatic rings. The van der Waals surface area contributed by atoms with E-state index in [9.17, 15) is 4.79 Å². The number of hydrogen-bond acceptors (Lipinski definition) is 3.